The third kappa shape index (κ3) is 5.23. The van der Waals surface area contributed by atoms with E-state index in [1.54, 1.807) is 0 Å². The Kier molecular flexibility index (Phi) is 6.35. The van der Waals surface area contributed by atoms with Gasteiger partial charge in [-0.15, -0.1) is 0 Å². The van der Waals surface area contributed by atoms with Gasteiger partial charge in [0.05, 0.1) is 12.1 Å². The molecule has 2 unspecified atom stereocenters. The minimum atomic E-state index is -0.246. The van der Waals surface area contributed by atoms with E-state index >= 15 is 0 Å². The van der Waals surface area contributed by atoms with Crippen molar-refractivity contribution in [3.63, 3.8) is 0 Å². The number of nitrogens with zero attached hydrogens (tertiary/aromatic N) is 1. The van der Waals surface area contributed by atoms with Gasteiger partial charge in [-0.3, -0.25) is 4.79 Å². The van der Waals surface area contributed by atoms with Crippen LogP contribution in [0.25, 0.3) is 0 Å². The van der Waals surface area contributed by atoms with Crippen LogP contribution >= 0.6 is 11.6 Å². The van der Waals surface area contributed by atoms with Gasteiger partial charge < -0.3 is 15.5 Å². The van der Waals surface area contributed by atoms with Crippen molar-refractivity contribution in [1.29, 1.82) is 0 Å². The zero-order valence-corrected chi connectivity index (χ0v) is 16.1. The minimum Gasteiger partial charge on any atom is -0.338 e. The maximum atomic E-state index is 12.4. The van der Waals surface area contributed by atoms with Crippen LogP contribution in [0.5, 0.6) is 0 Å². The molecular weight excluding hydrogens is 362 g/mol. The highest BCUT2D eigenvalue weighted by Crippen LogP contribution is 2.25. The Hall–Kier alpha value is -2.53. The van der Waals surface area contributed by atoms with E-state index in [1.165, 1.54) is 0 Å². The summed E-state index contributed by atoms with van der Waals surface area (Å²) in [4.78, 5) is 26.3. The van der Waals surface area contributed by atoms with Crippen LogP contribution in [0, 0.1) is 0 Å². The van der Waals surface area contributed by atoms with Crippen LogP contribution in [0.15, 0.2) is 54.6 Å². The summed E-state index contributed by atoms with van der Waals surface area (Å²) in [5.74, 6) is 0.0654. The lowest BCUT2D eigenvalue weighted by atomic mass is 10.1. The molecule has 1 saturated heterocycles. The van der Waals surface area contributed by atoms with E-state index in [0.717, 1.165) is 11.1 Å². The van der Waals surface area contributed by atoms with Gasteiger partial charge >= 0.3 is 6.03 Å². The first-order valence-electron chi connectivity index (χ1n) is 9.16. The topological polar surface area (TPSA) is 61.4 Å². The molecule has 3 amide bonds. The number of hydrogen-bond acceptors (Lipinski definition) is 2. The van der Waals surface area contributed by atoms with E-state index in [2.05, 4.69) is 10.6 Å². The van der Waals surface area contributed by atoms with E-state index in [1.807, 2.05) is 66.4 Å². The van der Waals surface area contributed by atoms with Gasteiger partial charge in [0.15, 0.2) is 0 Å². The predicted molar refractivity (Wildman–Crippen MR) is 107 cm³/mol. The van der Waals surface area contributed by atoms with Crippen molar-refractivity contribution in [2.45, 2.75) is 31.8 Å². The summed E-state index contributed by atoms with van der Waals surface area (Å²) >= 11 is 5.96. The van der Waals surface area contributed by atoms with E-state index in [-0.39, 0.29) is 24.0 Å². The largest absolute Gasteiger partial charge is 0.338 e. The Balaban J connectivity index is 1.45. The van der Waals surface area contributed by atoms with Gasteiger partial charge in [0.1, 0.15) is 0 Å². The fraction of sp³-hybridized carbons (Fsp3) is 0.333. The molecule has 2 atom stereocenters. The van der Waals surface area contributed by atoms with Gasteiger partial charge in [0, 0.05) is 24.5 Å². The summed E-state index contributed by atoms with van der Waals surface area (Å²) < 4.78 is 0. The molecule has 0 radical (unpaired) electrons. The number of halogens is 1. The monoisotopic (exact) mass is 385 g/mol. The molecule has 5 nitrogen and oxygen atoms in total. The Labute approximate surface area is 164 Å². The average Bonchev–Trinajstić information content (AvgIpc) is 3.02. The normalized spacial score (nSPS) is 17.6. The van der Waals surface area contributed by atoms with E-state index in [0.29, 0.717) is 31.0 Å². The first-order chi connectivity index (χ1) is 13.0. The second-order valence-electron chi connectivity index (χ2n) is 6.81. The summed E-state index contributed by atoms with van der Waals surface area (Å²) in [6.07, 6.45) is 1.04. The molecule has 3 rings (SSSR count). The summed E-state index contributed by atoms with van der Waals surface area (Å²) in [6, 6.07) is 17.1. The second-order valence-corrected chi connectivity index (χ2v) is 7.25. The van der Waals surface area contributed by atoms with Crippen LogP contribution in [-0.4, -0.2) is 36.0 Å². The average molecular weight is 386 g/mol. The van der Waals surface area contributed by atoms with Crippen LogP contribution in [0.2, 0.25) is 5.02 Å². The van der Waals surface area contributed by atoms with Gasteiger partial charge in [-0.05, 0) is 36.6 Å². The molecule has 0 aromatic heterocycles. The van der Waals surface area contributed by atoms with Crippen LogP contribution in [-0.2, 0) is 11.2 Å². The number of hydrogen-bond donors (Lipinski definition) is 2. The fourth-order valence-corrected chi connectivity index (χ4v) is 3.58. The number of benzene rings is 2. The summed E-state index contributed by atoms with van der Waals surface area (Å²) in [5, 5.41) is 6.44. The molecule has 0 aliphatic carbocycles. The van der Waals surface area contributed by atoms with Crippen molar-refractivity contribution in [1.82, 2.24) is 15.5 Å². The van der Waals surface area contributed by atoms with Crippen molar-refractivity contribution in [2.24, 2.45) is 0 Å². The quantitative estimate of drug-likeness (QED) is 0.798. The Morgan fingerprint density at radius 3 is 2.74 bits per heavy atom. The molecule has 1 aliphatic heterocycles. The number of carbonyl (C=O) groups is 2. The van der Waals surface area contributed by atoms with E-state index in [9.17, 15) is 9.59 Å². The molecule has 27 heavy (non-hydrogen) atoms. The van der Waals surface area contributed by atoms with Gasteiger partial charge in [-0.25, -0.2) is 4.79 Å². The zero-order valence-electron chi connectivity index (χ0n) is 15.3. The standard InChI is InChI=1S/C21H24ClN3O2/c1-15(17-7-3-2-4-8-17)25-14-19(13-20(25)26)24-21(27)23-11-10-16-6-5-9-18(22)12-16/h2-9,12,15,19H,10-11,13-14H2,1H3,(H2,23,24,27). The highest BCUT2D eigenvalue weighted by atomic mass is 35.5. The molecule has 2 aromatic rings. The third-order valence-electron chi connectivity index (χ3n) is 4.83. The maximum Gasteiger partial charge on any atom is 0.315 e. The number of carbonyl (C=O) groups excluding carboxylic acids is 2. The Morgan fingerprint density at radius 1 is 1.22 bits per heavy atom. The maximum absolute atomic E-state index is 12.4. The van der Waals surface area contributed by atoms with Crippen molar-refractivity contribution in [3.8, 4) is 0 Å². The second kappa shape index (κ2) is 8.91. The van der Waals surface area contributed by atoms with Gasteiger partial charge in [0.2, 0.25) is 5.91 Å². The highest BCUT2D eigenvalue weighted by Gasteiger charge is 2.33. The lowest BCUT2D eigenvalue weighted by Gasteiger charge is -2.25. The number of nitrogens with one attached hydrogen (secondary N) is 2. The van der Waals surface area contributed by atoms with Gasteiger partial charge in [-0.2, -0.15) is 0 Å². The number of likely N-dealkylation sites (tertiary alicyclic amines) is 1. The molecule has 0 saturated carbocycles. The summed E-state index contributed by atoms with van der Waals surface area (Å²) in [5.41, 5.74) is 2.17. The number of amides is 3. The smallest absolute Gasteiger partial charge is 0.315 e. The number of urea groups is 1. The lowest BCUT2D eigenvalue weighted by Crippen LogP contribution is -2.44. The Morgan fingerprint density at radius 2 is 2.00 bits per heavy atom. The van der Waals surface area contributed by atoms with Crippen LogP contribution in [0.1, 0.15) is 30.5 Å². The van der Waals surface area contributed by atoms with Gasteiger partial charge in [0.25, 0.3) is 0 Å². The van der Waals surface area contributed by atoms with Crippen molar-refractivity contribution < 1.29 is 9.59 Å². The fourth-order valence-electron chi connectivity index (χ4n) is 3.36. The molecule has 0 bridgehead atoms. The highest BCUT2D eigenvalue weighted by molar-refractivity contribution is 6.30. The minimum absolute atomic E-state index is 0.00334. The SMILES string of the molecule is CC(c1ccccc1)N1CC(NC(=O)NCCc2cccc(Cl)c2)CC1=O. The zero-order chi connectivity index (χ0) is 19.2. The molecule has 6 heteroatoms. The first-order valence-corrected chi connectivity index (χ1v) is 9.54. The van der Waals surface area contributed by atoms with Crippen LogP contribution < -0.4 is 10.6 Å². The predicted octanol–water partition coefficient (Wildman–Crippen LogP) is 3.54. The lowest BCUT2D eigenvalue weighted by molar-refractivity contribution is -0.129. The van der Waals surface area contributed by atoms with E-state index in [4.69, 9.17) is 11.6 Å². The molecule has 142 valence electrons. The molecule has 0 spiro atoms. The summed E-state index contributed by atoms with van der Waals surface area (Å²) in [6.45, 7) is 3.05. The number of rotatable bonds is 6. The van der Waals surface area contributed by atoms with Gasteiger partial charge in [-0.1, -0.05) is 54.1 Å². The van der Waals surface area contributed by atoms with E-state index < -0.39 is 0 Å². The molecule has 1 fully saturated rings. The van der Waals surface area contributed by atoms with Crippen LogP contribution in [0.4, 0.5) is 4.79 Å². The first kappa shape index (κ1) is 19.2. The van der Waals surface area contributed by atoms with Crippen molar-refractivity contribution in [3.05, 3.63) is 70.7 Å². The molecular formula is C21H24ClN3O2. The van der Waals surface area contributed by atoms with Crippen molar-refractivity contribution >= 4 is 23.5 Å². The van der Waals surface area contributed by atoms with Crippen molar-refractivity contribution in [2.75, 3.05) is 13.1 Å². The summed E-state index contributed by atoms with van der Waals surface area (Å²) in [7, 11) is 0. The molecule has 2 N–H and O–H groups in total. The molecule has 2 aromatic carbocycles. The van der Waals surface area contributed by atoms with Crippen LogP contribution in [0.3, 0.4) is 0 Å². The molecule has 1 aliphatic rings. The third-order valence-corrected chi connectivity index (χ3v) is 5.07. The Bertz CT molecular complexity index is 797. The molecule has 1 heterocycles.